The van der Waals surface area contributed by atoms with Gasteiger partial charge in [0.1, 0.15) is 5.75 Å². The second kappa shape index (κ2) is 7.93. The summed E-state index contributed by atoms with van der Waals surface area (Å²) >= 11 is 0. The van der Waals surface area contributed by atoms with Crippen molar-refractivity contribution in [1.82, 2.24) is 4.31 Å². The predicted octanol–water partition coefficient (Wildman–Crippen LogP) is 0.837. The summed E-state index contributed by atoms with van der Waals surface area (Å²) in [6.07, 6.45) is -0.152. The van der Waals surface area contributed by atoms with Crippen molar-refractivity contribution in [2.24, 2.45) is 0 Å². The molecule has 1 amide bonds. The number of benzene rings is 1. The van der Waals surface area contributed by atoms with Gasteiger partial charge < -0.3 is 14.8 Å². The molecular formula is C14H20N2O6S. The van der Waals surface area contributed by atoms with E-state index in [0.717, 1.165) is 4.31 Å². The van der Waals surface area contributed by atoms with E-state index in [9.17, 15) is 18.0 Å². The summed E-state index contributed by atoms with van der Waals surface area (Å²) in [6.45, 7) is 0. The summed E-state index contributed by atoms with van der Waals surface area (Å²) in [4.78, 5) is 22.9. The Morgan fingerprint density at radius 1 is 1.17 bits per heavy atom. The summed E-state index contributed by atoms with van der Waals surface area (Å²) in [5, 5.41) is 2.54. The SMILES string of the molecule is COC(=O)CCC(=O)Nc1cc(S(=O)(=O)N(C)C)ccc1OC. The van der Waals surface area contributed by atoms with Crippen LogP contribution in [0.4, 0.5) is 5.69 Å². The van der Waals surface area contributed by atoms with Crippen LogP contribution in [0.1, 0.15) is 12.8 Å². The summed E-state index contributed by atoms with van der Waals surface area (Å²) in [5.74, 6) is -0.640. The maximum atomic E-state index is 12.1. The lowest BCUT2D eigenvalue weighted by molar-refractivity contribution is -0.141. The molecule has 0 fully saturated rings. The Morgan fingerprint density at radius 3 is 2.35 bits per heavy atom. The highest BCUT2D eigenvalue weighted by molar-refractivity contribution is 7.89. The molecule has 0 aliphatic carbocycles. The van der Waals surface area contributed by atoms with Crippen molar-refractivity contribution in [1.29, 1.82) is 0 Å². The van der Waals surface area contributed by atoms with E-state index in [0.29, 0.717) is 5.75 Å². The van der Waals surface area contributed by atoms with Crippen molar-refractivity contribution in [2.45, 2.75) is 17.7 Å². The number of sulfonamides is 1. The molecule has 1 aromatic carbocycles. The van der Waals surface area contributed by atoms with Gasteiger partial charge in [0.2, 0.25) is 15.9 Å². The molecule has 128 valence electrons. The number of carbonyl (C=O) groups excluding carboxylic acids is 2. The monoisotopic (exact) mass is 344 g/mol. The van der Waals surface area contributed by atoms with Crippen molar-refractivity contribution in [3.8, 4) is 5.75 Å². The molecule has 0 radical (unpaired) electrons. The van der Waals surface area contributed by atoms with Gasteiger partial charge in [0.15, 0.2) is 0 Å². The molecule has 0 unspecified atom stereocenters. The Labute approximate surface area is 135 Å². The first kappa shape index (κ1) is 18.9. The van der Waals surface area contributed by atoms with Crippen molar-refractivity contribution in [3.05, 3.63) is 18.2 Å². The van der Waals surface area contributed by atoms with E-state index in [2.05, 4.69) is 10.1 Å². The van der Waals surface area contributed by atoms with Crippen LogP contribution < -0.4 is 10.1 Å². The molecule has 1 rings (SSSR count). The lowest BCUT2D eigenvalue weighted by Gasteiger charge is -2.15. The minimum Gasteiger partial charge on any atom is -0.495 e. The zero-order valence-corrected chi connectivity index (χ0v) is 14.3. The summed E-state index contributed by atoms with van der Waals surface area (Å²) in [5.41, 5.74) is 0.213. The molecule has 0 atom stereocenters. The van der Waals surface area contributed by atoms with Crippen LogP contribution in [-0.2, 0) is 24.3 Å². The van der Waals surface area contributed by atoms with Crippen LogP contribution in [0.15, 0.2) is 23.1 Å². The molecule has 0 aliphatic heterocycles. The summed E-state index contributed by atoms with van der Waals surface area (Å²) in [7, 11) is 1.82. The average Bonchev–Trinajstić information content (AvgIpc) is 2.52. The van der Waals surface area contributed by atoms with Gasteiger partial charge in [-0.15, -0.1) is 0 Å². The maximum Gasteiger partial charge on any atom is 0.306 e. The molecule has 1 aromatic rings. The number of carbonyl (C=O) groups is 2. The molecule has 9 heteroatoms. The van der Waals surface area contributed by atoms with Gasteiger partial charge in [-0.3, -0.25) is 9.59 Å². The third-order valence-corrected chi connectivity index (χ3v) is 4.82. The number of ether oxygens (including phenoxy) is 2. The maximum absolute atomic E-state index is 12.1. The lowest BCUT2D eigenvalue weighted by Crippen LogP contribution is -2.22. The third kappa shape index (κ3) is 4.93. The number of anilines is 1. The van der Waals surface area contributed by atoms with Gasteiger partial charge in [-0.2, -0.15) is 0 Å². The first-order valence-electron chi connectivity index (χ1n) is 6.69. The Kier molecular flexibility index (Phi) is 6.52. The van der Waals surface area contributed by atoms with Crippen LogP contribution in [-0.4, -0.2) is 52.9 Å². The third-order valence-electron chi connectivity index (χ3n) is 3.01. The van der Waals surface area contributed by atoms with Gasteiger partial charge in [0.05, 0.1) is 31.2 Å². The van der Waals surface area contributed by atoms with Crippen LogP contribution in [0.25, 0.3) is 0 Å². The van der Waals surface area contributed by atoms with Crippen LogP contribution in [0.5, 0.6) is 5.75 Å². The number of hydrogen-bond acceptors (Lipinski definition) is 6. The highest BCUT2D eigenvalue weighted by Gasteiger charge is 2.20. The second-order valence-electron chi connectivity index (χ2n) is 4.77. The Balaban J connectivity index is 3.01. The zero-order valence-electron chi connectivity index (χ0n) is 13.5. The van der Waals surface area contributed by atoms with Gasteiger partial charge >= 0.3 is 5.97 Å². The highest BCUT2D eigenvalue weighted by Crippen LogP contribution is 2.28. The van der Waals surface area contributed by atoms with Gasteiger partial charge in [0, 0.05) is 20.5 Å². The molecule has 23 heavy (non-hydrogen) atoms. The van der Waals surface area contributed by atoms with Gasteiger partial charge in [-0.1, -0.05) is 0 Å². The molecule has 1 N–H and O–H groups in total. The molecule has 0 spiro atoms. The van der Waals surface area contributed by atoms with E-state index in [4.69, 9.17) is 4.74 Å². The fraction of sp³-hybridized carbons (Fsp3) is 0.429. The fourth-order valence-corrected chi connectivity index (χ4v) is 2.61. The van der Waals surface area contributed by atoms with E-state index in [1.165, 1.54) is 46.5 Å². The van der Waals surface area contributed by atoms with Gasteiger partial charge in [-0.25, -0.2) is 12.7 Å². The molecular weight excluding hydrogens is 324 g/mol. The predicted molar refractivity (Wildman–Crippen MR) is 83.7 cm³/mol. The summed E-state index contributed by atoms with van der Waals surface area (Å²) < 4.78 is 34.9. The summed E-state index contributed by atoms with van der Waals surface area (Å²) in [6, 6.07) is 4.15. The molecule has 0 aromatic heterocycles. The van der Waals surface area contributed by atoms with Crippen LogP contribution in [0, 0.1) is 0 Å². The second-order valence-corrected chi connectivity index (χ2v) is 6.93. The molecule has 0 aliphatic rings. The minimum atomic E-state index is -3.64. The number of nitrogens with zero attached hydrogens (tertiary/aromatic N) is 1. The topological polar surface area (TPSA) is 102 Å². The molecule has 0 saturated heterocycles. The smallest absolute Gasteiger partial charge is 0.306 e. The Hall–Kier alpha value is -2.13. The minimum absolute atomic E-state index is 0.0200. The van der Waals surface area contributed by atoms with Crippen LogP contribution >= 0.6 is 0 Å². The van der Waals surface area contributed by atoms with Crippen LogP contribution in [0.3, 0.4) is 0 Å². The number of esters is 1. The largest absolute Gasteiger partial charge is 0.495 e. The van der Waals surface area contributed by atoms with Crippen molar-refractivity contribution >= 4 is 27.6 Å². The van der Waals surface area contributed by atoms with Crippen molar-refractivity contribution in [3.63, 3.8) is 0 Å². The number of hydrogen-bond donors (Lipinski definition) is 1. The molecule has 0 heterocycles. The van der Waals surface area contributed by atoms with E-state index in [1.54, 1.807) is 0 Å². The number of rotatable bonds is 7. The molecule has 0 bridgehead atoms. The quantitative estimate of drug-likeness (QED) is 0.735. The van der Waals surface area contributed by atoms with Gasteiger partial charge in [0.25, 0.3) is 0 Å². The zero-order chi connectivity index (χ0) is 17.6. The number of methoxy groups -OCH3 is 2. The van der Waals surface area contributed by atoms with Gasteiger partial charge in [-0.05, 0) is 18.2 Å². The first-order chi connectivity index (χ1) is 10.7. The van der Waals surface area contributed by atoms with E-state index in [1.807, 2.05) is 0 Å². The van der Waals surface area contributed by atoms with Crippen molar-refractivity contribution in [2.75, 3.05) is 33.6 Å². The van der Waals surface area contributed by atoms with E-state index in [-0.39, 0.29) is 23.4 Å². The standard InChI is InChI=1S/C14H20N2O6S/c1-16(2)23(19,20)10-5-6-12(21-3)11(9-10)15-13(17)7-8-14(18)22-4/h5-6,9H,7-8H2,1-4H3,(H,15,17). The normalized spacial score (nSPS) is 11.2. The first-order valence-corrected chi connectivity index (χ1v) is 8.13. The van der Waals surface area contributed by atoms with E-state index < -0.39 is 21.9 Å². The number of amides is 1. The van der Waals surface area contributed by atoms with Crippen molar-refractivity contribution < 1.29 is 27.5 Å². The number of nitrogens with one attached hydrogen (secondary N) is 1. The average molecular weight is 344 g/mol. The van der Waals surface area contributed by atoms with E-state index >= 15 is 0 Å². The molecule has 8 nitrogen and oxygen atoms in total. The highest BCUT2D eigenvalue weighted by atomic mass is 32.2. The lowest BCUT2D eigenvalue weighted by atomic mass is 10.2. The Bertz CT molecular complexity index is 685. The fourth-order valence-electron chi connectivity index (χ4n) is 1.69. The molecule has 0 saturated carbocycles. The Morgan fingerprint density at radius 2 is 1.83 bits per heavy atom. The van der Waals surface area contributed by atoms with Crippen LogP contribution in [0.2, 0.25) is 0 Å².